The van der Waals surface area contributed by atoms with Gasteiger partial charge in [0.1, 0.15) is 5.76 Å². The van der Waals surface area contributed by atoms with Crippen LogP contribution in [0.25, 0.3) is 0 Å². The molecule has 0 saturated heterocycles. The Labute approximate surface area is 117 Å². The lowest BCUT2D eigenvalue weighted by Gasteiger charge is -2.21. The molecule has 0 aliphatic carbocycles. The first kappa shape index (κ1) is 13.5. The molecule has 0 spiro atoms. The molecule has 18 heavy (non-hydrogen) atoms. The van der Waals surface area contributed by atoms with Crippen molar-refractivity contribution in [2.24, 2.45) is 5.73 Å². The molecular formula is C14H16ClNOS. The topological polar surface area (TPSA) is 39.2 Å². The van der Waals surface area contributed by atoms with Crippen molar-refractivity contribution in [1.29, 1.82) is 0 Å². The summed E-state index contributed by atoms with van der Waals surface area (Å²) in [6, 6.07) is 9.81. The van der Waals surface area contributed by atoms with E-state index in [2.05, 4.69) is 0 Å². The molecule has 2 unspecified atom stereocenters. The Hall–Kier alpha value is -0.900. The molecule has 2 atom stereocenters. The lowest BCUT2D eigenvalue weighted by Crippen LogP contribution is -2.22. The van der Waals surface area contributed by atoms with Crippen LogP contribution in [0.3, 0.4) is 0 Å². The summed E-state index contributed by atoms with van der Waals surface area (Å²) in [5, 5.41) is 0.878. The van der Waals surface area contributed by atoms with Gasteiger partial charge in [-0.25, -0.2) is 0 Å². The smallest absolute Gasteiger partial charge is 0.114 e. The Bertz CT molecular complexity index is 524. The lowest BCUT2D eigenvalue weighted by atomic mass is 10.1. The van der Waals surface area contributed by atoms with Crippen molar-refractivity contribution in [1.82, 2.24) is 0 Å². The normalized spacial score (nSPS) is 14.4. The van der Waals surface area contributed by atoms with E-state index in [-0.39, 0.29) is 11.3 Å². The molecule has 0 fully saturated rings. The van der Waals surface area contributed by atoms with Crippen LogP contribution in [0.15, 0.2) is 45.9 Å². The highest BCUT2D eigenvalue weighted by Crippen LogP contribution is 2.41. The molecule has 96 valence electrons. The van der Waals surface area contributed by atoms with E-state index in [4.69, 9.17) is 21.8 Å². The molecule has 0 aliphatic heterocycles. The first-order chi connectivity index (χ1) is 8.59. The average molecular weight is 282 g/mol. The molecule has 4 heteroatoms. The van der Waals surface area contributed by atoms with Crippen LogP contribution in [-0.4, -0.2) is 6.04 Å². The summed E-state index contributed by atoms with van der Waals surface area (Å²) in [5.41, 5.74) is 7.16. The predicted molar refractivity (Wildman–Crippen MR) is 77.1 cm³/mol. The maximum absolute atomic E-state index is 6.25. The van der Waals surface area contributed by atoms with E-state index < -0.39 is 0 Å². The largest absolute Gasteiger partial charge is 0.468 e. The second-order valence-electron chi connectivity index (χ2n) is 4.26. The molecule has 1 aromatic carbocycles. The monoisotopic (exact) mass is 281 g/mol. The molecule has 2 nitrogen and oxygen atoms in total. The van der Waals surface area contributed by atoms with E-state index in [0.29, 0.717) is 0 Å². The summed E-state index contributed by atoms with van der Waals surface area (Å²) in [5.74, 6) is 0.915. The van der Waals surface area contributed by atoms with Gasteiger partial charge in [-0.2, -0.15) is 0 Å². The molecule has 0 amide bonds. The van der Waals surface area contributed by atoms with E-state index in [0.717, 1.165) is 21.2 Å². The van der Waals surface area contributed by atoms with E-state index >= 15 is 0 Å². The van der Waals surface area contributed by atoms with Gasteiger partial charge in [-0.15, -0.1) is 11.8 Å². The van der Waals surface area contributed by atoms with Crippen LogP contribution in [0.4, 0.5) is 0 Å². The number of rotatable bonds is 4. The first-order valence-corrected chi connectivity index (χ1v) is 7.06. The van der Waals surface area contributed by atoms with Crippen molar-refractivity contribution in [3.63, 3.8) is 0 Å². The molecule has 2 N–H and O–H groups in total. The Morgan fingerprint density at radius 3 is 2.56 bits per heavy atom. The van der Waals surface area contributed by atoms with Gasteiger partial charge in [-0.1, -0.05) is 29.8 Å². The third-order valence-electron chi connectivity index (χ3n) is 2.75. The van der Waals surface area contributed by atoms with Crippen molar-refractivity contribution in [3.05, 3.63) is 52.9 Å². The summed E-state index contributed by atoms with van der Waals surface area (Å²) in [6.45, 7) is 3.95. The number of thioether (sulfide) groups is 1. The molecule has 2 aromatic rings. The van der Waals surface area contributed by atoms with Gasteiger partial charge in [0.05, 0.1) is 11.5 Å². The second-order valence-corrected chi connectivity index (χ2v) is 5.85. The molecule has 0 aliphatic rings. The highest BCUT2D eigenvalue weighted by molar-refractivity contribution is 7.99. The van der Waals surface area contributed by atoms with E-state index in [1.54, 1.807) is 18.0 Å². The quantitative estimate of drug-likeness (QED) is 0.843. The number of furan rings is 1. The third kappa shape index (κ3) is 2.91. The van der Waals surface area contributed by atoms with Crippen molar-refractivity contribution in [3.8, 4) is 0 Å². The van der Waals surface area contributed by atoms with E-state index in [1.807, 2.05) is 44.2 Å². The zero-order chi connectivity index (χ0) is 13.1. The molecule has 0 radical (unpaired) electrons. The molecule has 0 saturated carbocycles. The molecule has 2 rings (SSSR count). The van der Waals surface area contributed by atoms with Crippen LogP contribution in [0.1, 0.15) is 23.5 Å². The van der Waals surface area contributed by atoms with Gasteiger partial charge in [-0.05, 0) is 31.5 Å². The van der Waals surface area contributed by atoms with Crippen LogP contribution >= 0.6 is 23.4 Å². The fraction of sp³-hybridized carbons (Fsp3) is 0.286. The highest BCUT2D eigenvalue weighted by Gasteiger charge is 2.21. The minimum absolute atomic E-state index is 0.00389. The molecular weight excluding hydrogens is 266 g/mol. The molecule has 1 heterocycles. The Balaban J connectivity index is 2.30. The minimum atomic E-state index is 0.00389. The van der Waals surface area contributed by atoms with Crippen molar-refractivity contribution in [2.75, 3.05) is 0 Å². The summed E-state index contributed by atoms with van der Waals surface area (Å²) in [7, 11) is 0. The van der Waals surface area contributed by atoms with Crippen LogP contribution in [0, 0.1) is 6.92 Å². The maximum atomic E-state index is 6.25. The second kappa shape index (κ2) is 5.83. The van der Waals surface area contributed by atoms with Gasteiger partial charge in [-0.3, -0.25) is 0 Å². The van der Waals surface area contributed by atoms with Gasteiger partial charge in [0, 0.05) is 16.0 Å². The number of nitrogens with two attached hydrogens (primary N) is 1. The van der Waals surface area contributed by atoms with Crippen LogP contribution in [-0.2, 0) is 0 Å². The average Bonchev–Trinajstić information content (AvgIpc) is 2.73. The van der Waals surface area contributed by atoms with Crippen LogP contribution < -0.4 is 5.73 Å². The summed E-state index contributed by atoms with van der Waals surface area (Å²) >= 11 is 7.94. The summed E-state index contributed by atoms with van der Waals surface area (Å²) in [4.78, 5) is 1.11. The molecule has 0 bridgehead atoms. The standard InChI is InChI=1S/C14H16ClNOS/c1-9(16)14(11-5-3-4-6-12(11)15)18-13-7-8-17-10(13)2/h3-9,14H,16H2,1-2H3. The fourth-order valence-electron chi connectivity index (χ4n) is 1.79. The Morgan fingerprint density at radius 2 is 2.00 bits per heavy atom. The minimum Gasteiger partial charge on any atom is -0.468 e. The van der Waals surface area contributed by atoms with Crippen LogP contribution in [0.2, 0.25) is 5.02 Å². The van der Waals surface area contributed by atoms with E-state index in [1.165, 1.54) is 0 Å². The predicted octanol–water partition coefficient (Wildman–Crippen LogP) is 4.42. The van der Waals surface area contributed by atoms with Gasteiger partial charge >= 0.3 is 0 Å². The number of hydrogen-bond acceptors (Lipinski definition) is 3. The maximum Gasteiger partial charge on any atom is 0.114 e. The Kier molecular flexibility index (Phi) is 4.38. The highest BCUT2D eigenvalue weighted by atomic mass is 35.5. The number of halogens is 1. The zero-order valence-corrected chi connectivity index (χ0v) is 12.0. The van der Waals surface area contributed by atoms with Gasteiger partial charge < -0.3 is 10.2 Å². The first-order valence-electron chi connectivity index (χ1n) is 5.80. The lowest BCUT2D eigenvalue weighted by molar-refractivity contribution is 0.526. The third-order valence-corrected chi connectivity index (χ3v) is 4.71. The number of aryl methyl sites for hydroxylation is 1. The van der Waals surface area contributed by atoms with Crippen molar-refractivity contribution < 1.29 is 4.42 Å². The zero-order valence-electron chi connectivity index (χ0n) is 10.4. The summed E-state index contributed by atoms with van der Waals surface area (Å²) in [6.07, 6.45) is 1.70. The van der Waals surface area contributed by atoms with Crippen molar-refractivity contribution in [2.45, 2.75) is 30.0 Å². The fourth-order valence-corrected chi connectivity index (χ4v) is 3.28. The SMILES string of the molecule is Cc1occc1SC(c1ccccc1Cl)C(C)N. The van der Waals surface area contributed by atoms with Gasteiger partial charge in [0.2, 0.25) is 0 Å². The van der Waals surface area contributed by atoms with E-state index in [9.17, 15) is 0 Å². The number of benzene rings is 1. The molecule has 1 aromatic heterocycles. The van der Waals surface area contributed by atoms with Crippen molar-refractivity contribution >= 4 is 23.4 Å². The van der Waals surface area contributed by atoms with Crippen LogP contribution in [0.5, 0.6) is 0 Å². The van der Waals surface area contributed by atoms with Gasteiger partial charge in [0.15, 0.2) is 0 Å². The van der Waals surface area contributed by atoms with Gasteiger partial charge in [0.25, 0.3) is 0 Å². The summed E-state index contributed by atoms with van der Waals surface area (Å²) < 4.78 is 5.32. The number of hydrogen-bond donors (Lipinski definition) is 1. The Morgan fingerprint density at radius 1 is 1.28 bits per heavy atom.